The van der Waals surface area contributed by atoms with Crippen LogP contribution < -0.4 is 4.43 Å². The summed E-state index contributed by atoms with van der Waals surface area (Å²) in [6, 6.07) is 15.6. The van der Waals surface area contributed by atoms with Gasteiger partial charge in [-0.25, -0.2) is 9.79 Å². The van der Waals surface area contributed by atoms with E-state index in [4.69, 9.17) is 9.16 Å². The van der Waals surface area contributed by atoms with Crippen molar-refractivity contribution in [2.75, 3.05) is 0 Å². The van der Waals surface area contributed by atoms with Crippen LogP contribution in [0.4, 0.5) is 0 Å². The van der Waals surface area contributed by atoms with Gasteiger partial charge in [-0.05, 0) is 65.0 Å². The summed E-state index contributed by atoms with van der Waals surface area (Å²) in [4.78, 5) is 17.0. The lowest BCUT2D eigenvalue weighted by Crippen LogP contribution is -2.43. The van der Waals surface area contributed by atoms with Gasteiger partial charge in [0.15, 0.2) is 5.70 Å². The van der Waals surface area contributed by atoms with Crippen LogP contribution in [0.1, 0.15) is 58.2 Å². The molecule has 0 fully saturated rings. The van der Waals surface area contributed by atoms with Crippen molar-refractivity contribution in [1.29, 1.82) is 0 Å². The Morgan fingerprint density at radius 3 is 2.19 bits per heavy atom. The second-order valence-corrected chi connectivity index (χ2v) is 15.3. The SMILES string of the molecule is CC(C)(C)c1ccc(O[Si](C)(C)C(C)(C)C)cc1/C=C1\N=C(c2ccccc2)OC1=O. The number of carbonyl (C=O) groups is 1. The standard InChI is InChI=1S/C26H33NO3Si/c1-25(2,3)21-15-14-20(30-31(7,8)26(4,5)6)16-19(21)17-22-24(28)29-23(27-22)18-12-10-9-11-13-18/h9-17H,1-8H3/b22-17-. The summed E-state index contributed by atoms with van der Waals surface area (Å²) < 4.78 is 11.9. The number of benzene rings is 2. The molecule has 1 aliphatic rings. The predicted octanol–water partition coefficient (Wildman–Crippen LogP) is 6.71. The summed E-state index contributed by atoms with van der Waals surface area (Å²) in [7, 11) is -1.98. The highest BCUT2D eigenvalue weighted by Crippen LogP contribution is 2.39. The van der Waals surface area contributed by atoms with E-state index in [9.17, 15) is 4.79 Å². The van der Waals surface area contributed by atoms with Gasteiger partial charge in [-0.3, -0.25) is 0 Å². The quantitative estimate of drug-likeness (QED) is 0.304. The molecule has 0 atom stereocenters. The minimum atomic E-state index is -1.98. The molecule has 0 amide bonds. The summed E-state index contributed by atoms with van der Waals surface area (Å²) in [5.74, 6) is 0.724. The predicted molar refractivity (Wildman–Crippen MR) is 130 cm³/mol. The fraction of sp³-hybridized carbons (Fsp3) is 0.385. The summed E-state index contributed by atoms with van der Waals surface area (Å²) >= 11 is 0. The van der Waals surface area contributed by atoms with E-state index >= 15 is 0 Å². The lowest BCUT2D eigenvalue weighted by Gasteiger charge is -2.36. The molecule has 0 aliphatic carbocycles. The fourth-order valence-electron chi connectivity index (χ4n) is 3.12. The van der Waals surface area contributed by atoms with E-state index in [1.807, 2.05) is 48.5 Å². The Bertz CT molecular complexity index is 1040. The molecule has 0 unspecified atom stereocenters. The van der Waals surface area contributed by atoms with Crippen LogP contribution >= 0.6 is 0 Å². The van der Waals surface area contributed by atoms with E-state index in [0.717, 1.165) is 22.4 Å². The first-order valence-electron chi connectivity index (χ1n) is 10.7. The third kappa shape index (κ3) is 5.16. The number of rotatable bonds is 4. The van der Waals surface area contributed by atoms with Gasteiger partial charge < -0.3 is 9.16 Å². The molecule has 2 aromatic carbocycles. The zero-order valence-corrected chi connectivity index (χ0v) is 20.9. The minimum Gasteiger partial charge on any atom is -0.543 e. The molecule has 0 saturated carbocycles. The van der Waals surface area contributed by atoms with Gasteiger partial charge in [0, 0.05) is 5.56 Å². The average molecular weight is 436 g/mol. The highest BCUT2D eigenvalue weighted by molar-refractivity contribution is 6.74. The molecule has 0 bridgehead atoms. The Kier molecular flexibility index (Phi) is 6.02. The van der Waals surface area contributed by atoms with E-state index in [-0.39, 0.29) is 10.5 Å². The van der Waals surface area contributed by atoms with Crippen molar-refractivity contribution in [3.63, 3.8) is 0 Å². The first-order valence-corrected chi connectivity index (χ1v) is 13.6. The maximum absolute atomic E-state index is 12.5. The highest BCUT2D eigenvalue weighted by atomic mass is 28.4. The zero-order valence-electron chi connectivity index (χ0n) is 19.9. The van der Waals surface area contributed by atoms with Crippen LogP contribution in [0, 0.1) is 0 Å². The monoisotopic (exact) mass is 435 g/mol. The summed E-state index contributed by atoms with van der Waals surface area (Å²) in [6.45, 7) is 17.6. The van der Waals surface area contributed by atoms with Gasteiger partial charge in [0.25, 0.3) is 0 Å². The van der Waals surface area contributed by atoms with Crippen molar-refractivity contribution in [2.24, 2.45) is 4.99 Å². The van der Waals surface area contributed by atoms with Gasteiger partial charge in [-0.15, -0.1) is 0 Å². The third-order valence-electron chi connectivity index (χ3n) is 5.94. The average Bonchev–Trinajstić information content (AvgIpc) is 3.01. The molecule has 5 heteroatoms. The van der Waals surface area contributed by atoms with Gasteiger partial charge in [0.05, 0.1) is 0 Å². The first-order chi connectivity index (χ1) is 14.3. The maximum atomic E-state index is 12.5. The van der Waals surface area contributed by atoms with Crippen molar-refractivity contribution in [3.05, 3.63) is 70.9 Å². The Morgan fingerprint density at radius 1 is 0.968 bits per heavy atom. The van der Waals surface area contributed by atoms with Gasteiger partial charge in [-0.2, -0.15) is 0 Å². The van der Waals surface area contributed by atoms with Crippen LogP contribution in [0.15, 0.2) is 59.2 Å². The van der Waals surface area contributed by atoms with Crippen LogP contribution in [-0.2, 0) is 14.9 Å². The molecule has 2 aromatic rings. The number of cyclic esters (lactones) is 1. The maximum Gasteiger partial charge on any atom is 0.363 e. The molecule has 0 radical (unpaired) electrons. The van der Waals surface area contributed by atoms with Crippen LogP contribution in [0.25, 0.3) is 6.08 Å². The van der Waals surface area contributed by atoms with Crippen LogP contribution in [0.3, 0.4) is 0 Å². The second kappa shape index (κ2) is 8.12. The largest absolute Gasteiger partial charge is 0.543 e. The van der Waals surface area contributed by atoms with E-state index < -0.39 is 14.3 Å². The zero-order chi connectivity index (χ0) is 23.0. The first kappa shape index (κ1) is 23.0. The van der Waals surface area contributed by atoms with Crippen molar-refractivity contribution < 1.29 is 14.0 Å². The molecule has 0 saturated heterocycles. The highest BCUT2D eigenvalue weighted by Gasteiger charge is 2.39. The molecule has 0 N–H and O–H groups in total. The van der Waals surface area contributed by atoms with Crippen LogP contribution in [0.5, 0.6) is 5.75 Å². The van der Waals surface area contributed by atoms with E-state index in [2.05, 4.69) is 65.7 Å². The molecular weight excluding hydrogens is 402 g/mol. The number of carbonyl (C=O) groups excluding carboxylic acids is 1. The Labute approximate surface area is 187 Å². The minimum absolute atomic E-state index is 0.0957. The van der Waals surface area contributed by atoms with E-state index in [1.165, 1.54) is 0 Å². The number of nitrogens with zero attached hydrogens (tertiary/aromatic N) is 1. The fourth-order valence-corrected chi connectivity index (χ4v) is 4.14. The van der Waals surface area contributed by atoms with Gasteiger partial charge >= 0.3 is 5.97 Å². The summed E-state index contributed by atoms with van der Waals surface area (Å²) in [6.07, 6.45) is 1.82. The third-order valence-corrected chi connectivity index (χ3v) is 10.3. The number of aliphatic imine (C=N–C) groups is 1. The van der Waals surface area contributed by atoms with Gasteiger partial charge in [0.1, 0.15) is 5.75 Å². The Morgan fingerprint density at radius 2 is 1.61 bits per heavy atom. The number of esters is 1. The van der Waals surface area contributed by atoms with Gasteiger partial charge in [-0.1, -0.05) is 65.8 Å². The second-order valence-electron chi connectivity index (χ2n) is 10.6. The molecule has 164 valence electrons. The van der Waals surface area contributed by atoms with Crippen molar-refractivity contribution in [1.82, 2.24) is 0 Å². The molecule has 3 rings (SSSR count). The molecule has 1 aliphatic heterocycles. The van der Waals surface area contributed by atoms with Crippen LogP contribution in [-0.4, -0.2) is 20.2 Å². The Hall–Kier alpha value is -2.66. The van der Waals surface area contributed by atoms with E-state index in [0.29, 0.717) is 11.6 Å². The van der Waals surface area contributed by atoms with Crippen molar-refractivity contribution in [2.45, 2.75) is 65.1 Å². The Balaban J connectivity index is 2.04. The normalized spacial score (nSPS) is 16.3. The van der Waals surface area contributed by atoms with Gasteiger partial charge in [0.2, 0.25) is 14.2 Å². The molecule has 0 aromatic heterocycles. The van der Waals surface area contributed by atoms with Crippen molar-refractivity contribution >= 4 is 26.3 Å². The lowest BCUT2D eigenvalue weighted by atomic mass is 9.83. The number of hydrogen-bond donors (Lipinski definition) is 0. The summed E-state index contributed by atoms with van der Waals surface area (Å²) in [5, 5.41) is 0.0957. The molecule has 4 nitrogen and oxygen atoms in total. The van der Waals surface area contributed by atoms with Crippen molar-refractivity contribution in [3.8, 4) is 5.75 Å². The number of hydrogen-bond acceptors (Lipinski definition) is 4. The molecule has 31 heavy (non-hydrogen) atoms. The molecule has 1 heterocycles. The lowest BCUT2D eigenvalue weighted by molar-refractivity contribution is -0.129. The summed E-state index contributed by atoms with van der Waals surface area (Å²) in [5.41, 5.74) is 3.03. The van der Waals surface area contributed by atoms with E-state index in [1.54, 1.807) is 0 Å². The molecule has 0 spiro atoms. The topological polar surface area (TPSA) is 47.9 Å². The smallest absolute Gasteiger partial charge is 0.363 e. The molecular formula is C26H33NO3Si. The van der Waals surface area contributed by atoms with Crippen LogP contribution in [0.2, 0.25) is 18.1 Å². The number of ether oxygens (including phenoxy) is 1.